The monoisotopic (exact) mass is 454 g/mol. The number of hydrogen-bond donors (Lipinski definition) is 2. The van der Waals surface area contributed by atoms with E-state index in [0.717, 1.165) is 36.9 Å². The molecular formula is C27H26N4O3. The molecule has 0 atom stereocenters. The predicted molar refractivity (Wildman–Crippen MR) is 133 cm³/mol. The minimum Gasteiger partial charge on any atom is -0.355 e. The smallest absolute Gasteiger partial charge is 0.321 e. The molecular weight excluding hydrogens is 428 g/mol. The van der Waals surface area contributed by atoms with Crippen LogP contribution >= 0.6 is 0 Å². The Morgan fingerprint density at radius 2 is 1.47 bits per heavy atom. The van der Waals surface area contributed by atoms with E-state index in [1.807, 2.05) is 35.2 Å². The molecule has 7 nitrogen and oxygen atoms in total. The number of urea groups is 1. The van der Waals surface area contributed by atoms with Crippen molar-refractivity contribution in [2.75, 3.05) is 23.7 Å². The van der Waals surface area contributed by atoms with Gasteiger partial charge in [0.05, 0.1) is 5.39 Å². The van der Waals surface area contributed by atoms with Crippen LogP contribution in [0.2, 0.25) is 0 Å². The molecule has 1 aromatic heterocycles. The average Bonchev–Trinajstić information content (AvgIpc) is 3.09. The van der Waals surface area contributed by atoms with E-state index in [0.29, 0.717) is 28.2 Å². The SMILES string of the molecule is O=C(Nc1ccc(NC(=O)N2CCCCCC2)cc1)c1ccc2noc(-c3ccccc3)c2c1. The number of carbonyl (C=O) groups excluding carboxylic acids is 2. The third-order valence-electron chi connectivity index (χ3n) is 6.06. The second-order valence-electron chi connectivity index (χ2n) is 8.47. The van der Waals surface area contributed by atoms with Gasteiger partial charge in [-0.1, -0.05) is 48.3 Å². The Kier molecular flexibility index (Phi) is 6.25. The number of likely N-dealkylation sites (tertiary alicyclic amines) is 1. The fourth-order valence-electron chi connectivity index (χ4n) is 4.20. The van der Waals surface area contributed by atoms with Crippen LogP contribution in [-0.2, 0) is 0 Å². The standard InChI is InChI=1S/C27H26N4O3/c32-26(20-10-15-24-23(18-20)25(34-30-24)19-8-4-3-5-9-19)28-21-11-13-22(14-12-21)29-27(33)31-16-6-1-2-7-17-31/h3-5,8-15,18H,1-2,6-7,16-17H2,(H,28,32)(H,29,33). The van der Waals surface area contributed by atoms with Crippen LogP contribution in [0, 0.1) is 0 Å². The highest BCUT2D eigenvalue weighted by molar-refractivity contribution is 6.07. The molecule has 0 bridgehead atoms. The largest absolute Gasteiger partial charge is 0.355 e. The van der Waals surface area contributed by atoms with Gasteiger partial charge in [0.15, 0.2) is 5.76 Å². The van der Waals surface area contributed by atoms with E-state index in [2.05, 4.69) is 15.8 Å². The summed E-state index contributed by atoms with van der Waals surface area (Å²) in [7, 11) is 0. The van der Waals surface area contributed by atoms with Gasteiger partial charge in [-0.05, 0) is 55.3 Å². The number of anilines is 2. The van der Waals surface area contributed by atoms with Crippen molar-refractivity contribution in [3.05, 3.63) is 78.4 Å². The molecule has 0 radical (unpaired) electrons. The lowest BCUT2D eigenvalue weighted by Crippen LogP contribution is -2.35. The topological polar surface area (TPSA) is 87.5 Å². The van der Waals surface area contributed by atoms with Crippen LogP contribution in [-0.4, -0.2) is 35.1 Å². The summed E-state index contributed by atoms with van der Waals surface area (Å²) in [6.07, 6.45) is 4.45. The first-order valence-electron chi connectivity index (χ1n) is 11.6. The summed E-state index contributed by atoms with van der Waals surface area (Å²) in [6.45, 7) is 1.59. The summed E-state index contributed by atoms with van der Waals surface area (Å²) in [6, 6.07) is 22.1. The molecule has 5 rings (SSSR count). The van der Waals surface area contributed by atoms with Gasteiger partial charge in [-0.15, -0.1) is 0 Å². The molecule has 1 fully saturated rings. The minimum absolute atomic E-state index is 0.0741. The molecule has 0 aliphatic carbocycles. The van der Waals surface area contributed by atoms with E-state index in [1.54, 1.807) is 42.5 Å². The Labute approximate surface area is 197 Å². The molecule has 0 unspecified atom stereocenters. The zero-order valence-corrected chi connectivity index (χ0v) is 18.8. The normalized spacial score (nSPS) is 13.9. The van der Waals surface area contributed by atoms with Crippen molar-refractivity contribution in [2.24, 2.45) is 0 Å². The predicted octanol–water partition coefficient (Wildman–Crippen LogP) is 6.16. The lowest BCUT2D eigenvalue weighted by atomic mass is 10.1. The summed E-state index contributed by atoms with van der Waals surface area (Å²) in [5.74, 6) is 0.401. The van der Waals surface area contributed by atoms with E-state index in [4.69, 9.17) is 4.52 Å². The average molecular weight is 455 g/mol. The molecule has 1 aliphatic rings. The minimum atomic E-state index is -0.233. The first-order valence-corrected chi connectivity index (χ1v) is 11.6. The fourth-order valence-corrected chi connectivity index (χ4v) is 4.20. The van der Waals surface area contributed by atoms with Crippen molar-refractivity contribution in [2.45, 2.75) is 25.7 Å². The van der Waals surface area contributed by atoms with Crippen molar-refractivity contribution in [3.63, 3.8) is 0 Å². The lowest BCUT2D eigenvalue weighted by Gasteiger charge is -2.20. The van der Waals surface area contributed by atoms with Crippen molar-refractivity contribution in [1.82, 2.24) is 10.1 Å². The van der Waals surface area contributed by atoms with E-state index in [-0.39, 0.29) is 11.9 Å². The quantitative estimate of drug-likeness (QED) is 0.387. The van der Waals surface area contributed by atoms with Gasteiger partial charge in [0.25, 0.3) is 5.91 Å². The van der Waals surface area contributed by atoms with Gasteiger partial charge >= 0.3 is 6.03 Å². The van der Waals surface area contributed by atoms with Crippen LogP contribution < -0.4 is 10.6 Å². The van der Waals surface area contributed by atoms with E-state index >= 15 is 0 Å². The summed E-state index contributed by atoms with van der Waals surface area (Å²) < 4.78 is 5.53. The number of nitrogens with zero attached hydrogens (tertiary/aromatic N) is 2. The molecule has 7 heteroatoms. The van der Waals surface area contributed by atoms with Crippen LogP contribution in [0.3, 0.4) is 0 Å². The third-order valence-corrected chi connectivity index (χ3v) is 6.06. The van der Waals surface area contributed by atoms with E-state index < -0.39 is 0 Å². The van der Waals surface area contributed by atoms with Gasteiger partial charge < -0.3 is 20.1 Å². The van der Waals surface area contributed by atoms with Crippen LogP contribution in [0.15, 0.2) is 77.3 Å². The van der Waals surface area contributed by atoms with Crippen molar-refractivity contribution >= 4 is 34.2 Å². The lowest BCUT2D eigenvalue weighted by molar-refractivity contribution is 0.102. The molecule has 1 saturated heterocycles. The maximum absolute atomic E-state index is 12.9. The molecule has 3 aromatic carbocycles. The number of aromatic nitrogens is 1. The van der Waals surface area contributed by atoms with Crippen molar-refractivity contribution in [1.29, 1.82) is 0 Å². The highest BCUT2D eigenvalue weighted by Gasteiger charge is 2.16. The highest BCUT2D eigenvalue weighted by Crippen LogP contribution is 2.29. The number of hydrogen-bond acceptors (Lipinski definition) is 4. The van der Waals surface area contributed by atoms with Gasteiger partial charge in [0.2, 0.25) is 0 Å². The van der Waals surface area contributed by atoms with Crippen LogP contribution in [0.1, 0.15) is 36.0 Å². The van der Waals surface area contributed by atoms with Crippen LogP contribution in [0.25, 0.3) is 22.2 Å². The Morgan fingerprint density at radius 1 is 0.794 bits per heavy atom. The maximum Gasteiger partial charge on any atom is 0.321 e. The zero-order chi connectivity index (χ0) is 23.3. The maximum atomic E-state index is 12.9. The van der Waals surface area contributed by atoms with Crippen molar-refractivity contribution in [3.8, 4) is 11.3 Å². The molecule has 2 heterocycles. The molecule has 34 heavy (non-hydrogen) atoms. The Morgan fingerprint density at radius 3 is 2.18 bits per heavy atom. The third kappa shape index (κ3) is 4.78. The number of amides is 3. The Hall–Kier alpha value is -4.13. The Bertz CT molecular complexity index is 1290. The number of rotatable bonds is 4. The van der Waals surface area contributed by atoms with E-state index in [1.165, 1.54) is 12.8 Å². The molecule has 172 valence electrons. The fraction of sp³-hybridized carbons (Fsp3) is 0.222. The number of benzene rings is 3. The molecule has 1 aliphatic heterocycles. The van der Waals surface area contributed by atoms with E-state index in [9.17, 15) is 9.59 Å². The molecule has 3 amide bonds. The first kappa shape index (κ1) is 21.7. The molecule has 4 aromatic rings. The van der Waals surface area contributed by atoms with Gasteiger partial charge in [0, 0.05) is 35.6 Å². The van der Waals surface area contributed by atoms with Crippen LogP contribution in [0.4, 0.5) is 16.2 Å². The first-order chi connectivity index (χ1) is 16.7. The number of fused-ring (bicyclic) bond motifs is 1. The number of carbonyl (C=O) groups is 2. The summed E-state index contributed by atoms with van der Waals surface area (Å²) >= 11 is 0. The second-order valence-corrected chi connectivity index (χ2v) is 8.47. The van der Waals surface area contributed by atoms with Crippen LogP contribution in [0.5, 0.6) is 0 Å². The van der Waals surface area contributed by atoms with Gasteiger partial charge in [-0.25, -0.2) is 4.79 Å². The summed E-state index contributed by atoms with van der Waals surface area (Å²) in [5, 5.41) is 10.8. The van der Waals surface area contributed by atoms with Gasteiger partial charge in [-0.2, -0.15) is 0 Å². The zero-order valence-electron chi connectivity index (χ0n) is 18.8. The molecule has 2 N–H and O–H groups in total. The van der Waals surface area contributed by atoms with Gasteiger partial charge in [0.1, 0.15) is 5.52 Å². The summed E-state index contributed by atoms with van der Waals surface area (Å²) in [5.41, 5.74) is 3.45. The van der Waals surface area contributed by atoms with Gasteiger partial charge in [-0.3, -0.25) is 4.79 Å². The Balaban J connectivity index is 1.26. The molecule has 0 spiro atoms. The second kappa shape index (κ2) is 9.79. The highest BCUT2D eigenvalue weighted by atomic mass is 16.5. The molecule has 0 saturated carbocycles. The number of nitrogens with one attached hydrogen (secondary N) is 2. The summed E-state index contributed by atoms with van der Waals surface area (Å²) in [4.78, 5) is 27.3. The van der Waals surface area contributed by atoms with Crippen molar-refractivity contribution < 1.29 is 14.1 Å².